The first-order valence-electron chi connectivity index (χ1n) is 6.47. The molecule has 0 saturated carbocycles. The van der Waals surface area contributed by atoms with E-state index in [0.717, 1.165) is 18.3 Å². The maximum Gasteiger partial charge on any atom is 0.257 e. The van der Waals surface area contributed by atoms with Crippen LogP contribution < -0.4 is 5.32 Å². The molecule has 1 unspecified atom stereocenters. The van der Waals surface area contributed by atoms with Gasteiger partial charge in [-0.3, -0.25) is 4.79 Å². The molecule has 130 valence electrons. The number of nitrogens with one attached hydrogen (secondary N) is 1. The largest absolute Gasteiger partial charge is 0.379 e. The maximum atomic E-state index is 12.3. The fourth-order valence-electron chi connectivity index (χ4n) is 1.80. The molecule has 10 heteroatoms. The number of benzene rings is 1. The summed E-state index contributed by atoms with van der Waals surface area (Å²) < 4.78 is 25.3. The molecule has 0 bridgehead atoms. The second kappa shape index (κ2) is 7.31. The lowest BCUT2D eigenvalue weighted by atomic mass is 10.1. The number of thiophene rings is 1. The van der Waals surface area contributed by atoms with Crippen molar-refractivity contribution >= 4 is 71.9 Å². The topological polar surface area (TPSA) is 83.5 Å². The molecule has 0 radical (unpaired) electrons. The Morgan fingerprint density at radius 3 is 2.54 bits per heavy atom. The summed E-state index contributed by atoms with van der Waals surface area (Å²) in [4.78, 5) is 12.2. The van der Waals surface area contributed by atoms with Crippen molar-refractivity contribution in [1.29, 1.82) is 0 Å². The van der Waals surface area contributed by atoms with Crippen LogP contribution in [0.2, 0.25) is 10.0 Å². The third-order valence-corrected chi connectivity index (χ3v) is 7.93. The lowest BCUT2D eigenvalue weighted by molar-refractivity contribution is -0.130. The summed E-state index contributed by atoms with van der Waals surface area (Å²) in [5.74, 6) is -1.61. The van der Waals surface area contributed by atoms with Gasteiger partial charge >= 0.3 is 0 Å². The van der Waals surface area contributed by atoms with Crippen LogP contribution >= 0.6 is 50.5 Å². The van der Waals surface area contributed by atoms with Gasteiger partial charge in [-0.2, -0.15) is 0 Å². The van der Waals surface area contributed by atoms with E-state index in [1.54, 1.807) is 5.38 Å². The molecule has 2 rings (SSSR count). The van der Waals surface area contributed by atoms with Crippen molar-refractivity contribution < 1.29 is 18.3 Å². The Morgan fingerprint density at radius 2 is 2.00 bits per heavy atom. The molecule has 24 heavy (non-hydrogen) atoms. The summed E-state index contributed by atoms with van der Waals surface area (Å²) in [5, 5.41) is 14.9. The highest BCUT2D eigenvalue weighted by molar-refractivity contribution is 9.10. The molecule has 0 fully saturated rings. The molecule has 1 amide bonds. The monoisotopic (exact) mass is 471 g/mol. The Bertz CT molecular complexity index is 881. The molecule has 5 nitrogen and oxygen atoms in total. The molecule has 2 N–H and O–H groups in total. The minimum atomic E-state index is -3.82. The SMILES string of the molecule is CC(O)(CS(=O)(=O)c1cc(Br)cs1)C(=O)Nc1ccc(Cl)c(Cl)c1. The minimum Gasteiger partial charge on any atom is -0.379 e. The first-order chi connectivity index (χ1) is 11.0. The highest BCUT2D eigenvalue weighted by Gasteiger charge is 2.37. The predicted molar refractivity (Wildman–Crippen MR) is 99.8 cm³/mol. The third kappa shape index (κ3) is 4.71. The van der Waals surface area contributed by atoms with E-state index in [1.807, 2.05) is 0 Å². The van der Waals surface area contributed by atoms with Crippen LogP contribution in [0.4, 0.5) is 5.69 Å². The molecule has 0 aliphatic carbocycles. The fourth-order valence-corrected chi connectivity index (χ4v) is 5.63. The highest BCUT2D eigenvalue weighted by atomic mass is 79.9. The Hall–Kier alpha value is -0.640. The van der Waals surface area contributed by atoms with Crippen molar-refractivity contribution in [3.8, 4) is 0 Å². The van der Waals surface area contributed by atoms with E-state index in [0.29, 0.717) is 15.2 Å². The first-order valence-corrected chi connectivity index (χ1v) is 10.5. The van der Waals surface area contributed by atoms with Crippen LogP contribution in [0.3, 0.4) is 0 Å². The zero-order valence-corrected chi connectivity index (χ0v) is 16.9. The average molecular weight is 473 g/mol. The molecule has 1 aromatic carbocycles. The number of carbonyl (C=O) groups is 1. The first kappa shape index (κ1) is 19.7. The number of halogens is 3. The number of sulfone groups is 1. The molecule has 1 aromatic heterocycles. The Balaban J connectivity index is 2.16. The smallest absolute Gasteiger partial charge is 0.257 e. The van der Waals surface area contributed by atoms with Gasteiger partial charge in [-0.15, -0.1) is 11.3 Å². The van der Waals surface area contributed by atoms with Gasteiger partial charge in [-0.05, 0) is 47.1 Å². The maximum absolute atomic E-state index is 12.3. The Kier molecular flexibility index (Phi) is 5.99. The van der Waals surface area contributed by atoms with Gasteiger partial charge in [0.2, 0.25) is 0 Å². The van der Waals surface area contributed by atoms with Crippen molar-refractivity contribution in [1.82, 2.24) is 0 Å². The zero-order chi connectivity index (χ0) is 18.1. The molecule has 2 aromatic rings. The van der Waals surface area contributed by atoms with Gasteiger partial charge < -0.3 is 10.4 Å². The molecular formula is C14H12BrCl2NO4S2. The lowest BCUT2D eigenvalue weighted by Gasteiger charge is -2.22. The van der Waals surface area contributed by atoms with Gasteiger partial charge in [0.15, 0.2) is 15.4 Å². The Labute approximate surface area is 161 Å². The van der Waals surface area contributed by atoms with Gasteiger partial charge in [0.25, 0.3) is 5.91 Å². The number of amides is 1. The summed E-state index contributed by atoms with van der Waals surface area (Å²) in [7, 11) is -3.82. The lowest BCUT2D eigenvalue weighted by Crippen LogP contribution is -2.45. The average Bonchev–Trinajstić information content (AvgIpc) is 2.89. The second-order valence-electron chi connectivity index (χ2n) is 5.20. The molecule has 0 saturated heterocycles. The summed E-state index contributed by atoms with van der Waals surface area (Å²) in [6, 6.07) is 5.80. The summed E-state index contributed by atoms with van der Waals surface area (Å²) >= 11 is 15.8. The summed E-state index contributed by atoms with van der Waals surface area (Å²) in [5.41, 5.74) is -1.83. The van der Waals surface area contributed by atoms with Gasteiger partial charge in [0.1, 0.15) is 4.21 Å². The predicted octanol–water partition coefficient (Wildman–Crippen LogP) is 3.98. The summed E-state index contributed by atoms with van der Waals surface area (Å²) in [6.07, 6.45) is 0. The van der Waals surface area contributed by atoms with Gasteiger partial charge in [0, 0.05) is 15.5 Å². The zero-order valence-electron chi connectivity index (χ0n) is 12.2. The minimum absolute atomic E-state index is 0.0667. The fraction of sp³-hybridized carbons (Fsp3) is 0.214. The van der Waals surface area contributed by atoms with E-state index in [4.69, 9.17) is 23.2 Å². The van der Waals surface area contributed by atoms with Crippen molar-refractivity contribution in [3.05, 3.63) is 44.2 Å². The van der Waals surface area contributed by atoms with Crippen LogP contribution in [-0.4, -0.2) is 30.8 Å². The van der Waals surface area contributed by atoms with Crippen LogP contribution in [-0.2, 0) is 14.6 Å². The van der Waals surface area contributed by atoms with E-state index in [1.165, 1.54) is 24.3 Å². The van der Waals surface area contributed by atoms with E-state index < -0.39 is 27.1 Å². The van der Waals surface area contributed by atoms with Crippen LogP contribution in [0.15, 0.2) is 38.3 Å². The molecule has 0 aliphatic heterocycles. The van der Waals surface area contributed by atoms with Crippen LogP contribution in [0.1, 0.15) is 6.92 Å². The van der Waals surface area contributed by atoms with Crippen molar-refractivity contribution in [2.45, 2.75) is 16.7 Å². The van der Waals surface area contributed by atoms with E-state index in [2.05, 4.69) is 21.2 Å². The number of aliphatic hydroxyl groups is 1. The quantitative estimate of drug-likeness (QED) is 0.689. The number of carbonyl (C=O) groups excluding carboxylic acids is 1. The highest BCUT2D eigenvalue weighted by Crippen LogP contribution is 2.28. The Morgan fingerprint density at radius 1 is 1.33 bits per heavy atom. The normalized spacial score (nSPS) is 14.2. The summed E-state index contributed by atoms with van der Waals surface area (Å²) in [6.45, 7) is 1.14. The van der Waals surface area contributed by atoms with Gasteiger partial charge in [-0.25, -0.2) is 8.42 Å². The van der Waals surface area contributed by atoms with Crippen LogP contribution in [0.25, 0.3) is 0 Å². The van der Waals surface area contributed by atoms with E-state index in [-0.39, 0.29) is 9.23 Å². The molecular weight excluding hydrogens is 461 g/mol. The molecule has 1 atom stereocenters. The van der Waals surface area contributed by atoms with E-state index >= 15 is 0 Å². The second-order valence-corrected chi connectivity index (χ2v) is 10.1. The van der Waals surface area contributed by atoms with Crippen LogP contribution in [0.5, 0.6) is 0 Å². The molecule has 0 aliphatic rings. The van der Waals surface area contributed by atoms with Crippen molar-refractivity contribution in [3.63, 3.8) is 0 Å². The van der Waals surface area contributed by atoms with Crippen LogP contribution in [0, 0.1) is 0 Å². The third-order valence-electron chi connectivity index (χ3n) is 2.99. The number of hydrogen-bond donors (Lipinski definition) is 2. The van der Waals surface area contributed by atoms with Crippen molar-refractivity contribution in [2.24, 2.45) is 0 Å². The van der Waals surface area contributed by atoms with Gasteiger partial charge in [0.05, 0.1) is 15.8 Å². The van der Waals surface area contributed by atoms with Crippen molar-refractivity contribution in [2.75, 3.05) is 11.1 Å². The number of rotatable bonds is 5. The van der Waals surface area contributed by atoms with E-state index in [9.17, 15) is 18.3 Å². The van der Waals surface area contributed by atoms with Gasteiger partial charge in [-0.1, -0.05) is 23.2 Å². The molecule has 1 heterocycles. The number of hydrogen-bond acceptors (Lipinski definition) is 5. The standard InChI is InChI=1S/C14H12BrCl2NO4S2/c1-14(20,7-24(21,22)12-4-8(15)6-23-12)13(19)18-9-2-3-10(16)11(17)5-9/h2-6,20H,7H2,1H3,(H,18,19). The molecule has 0 spiro atoms. The number of anilines is 1.